The number of ether oxygens (including phenoxy) is 1. The highest BCUT2D eigenvalue weighted by atomic mass is 35.5. The minimum atomic E-state index is -0.162. The van der Waals surface area contributed by atoms with Crippen LogP contribution in [-0.2, 0) is 9.59 Å². The second-order valence-electron chi connectivity index (χ2n) is 6.16. The van der Waals surface area contributed by atoms with E-state index >= 15 is 0 Å². The molecule has 0 atom stereocenters. The van der Waals surface area contributed by atoms with Crippen LogP contribution in [0.3, 0.4) is 0 Å². The first-order valence-corrected chi connectivity index (χ1v) is 8.67. The first-order valence-electron chi connectivity index (χ1n) is 8.30. The molecule has 0 fully saturated rings. The molecule has 0 saturated carbocycles. The van der Waals surface area contributed by atoms with Crippen molar-refractivity contribution in [2.24, 2.45) is 0 Å². The van der Waals surface area contributed by atoms with Gasteiger partial charge in [0.2, 0.25) is 11.8 Å². The number of methoxy groups -OCH3 is 1. The van der Waals surface area contributed by atoms with Gasteiger partial charge in [-0.3, -0.25) is 9.59 Å². The molecule has 5 nitrogen and oxygen atoms in total. The number of halogens is 1. The van der Waals surface area contributed by atoms with Gasteiger partial charge < -0.3 is 15.0 Å². The second kappa shape index (κ2) is 8.72. The van der Waals surface area contributed by atoms with Crippen molar-refractivity contribution in [3.8, 4) is 5.75 Å². The maximum atomic E-state index is 12.3. The highest BCUT2D eigenvalue weighted by molar-refractivity contribution is 6.32. The van der Waals surface area contributed by atoms with E-state index in [1.807, 2.05) is 32.0 Å². The molecule has 2 amide bonds. The van der Waals surface area contributed by atoms with Crippen LogP contribution in [0.2, 0.25) is 5.02 Å². The number of nitrogens with zero attached hydrogens (tertiary/aromatic N) is 1. The Kier molecular flexibility index (Phi) is 6.64. The van der Waals surface area contributed by atoms with Gasteiger partial charge in [0.25, 0.3) is 0 Å². The minimum absolute atomic E-state index is 0.152. The van der Waals surface area contributed by atoms with Crippen molar-refractivity contribution in [1.29, 1.82) is 0 Å². The summed E-state index contributed by atoms with van der Waals surface area (Å²) in [6.45, 7) is 5.68. The third-order valence-electron chi connectivity index (χ3n) is 3.90. The van der Waals surface area contributed by atoms with Gasteiger partial charge in [-0.2, -0.15) is 0 Å². The molecule has 0 aliphatic carbocycles. The number of hydrogen-bond acceptors (Lipinski definition) is 3. The van der Waals surface area contributed by atoms with E-state index in [1.165, 1.54) is 18.9 Å². The van der Waals surface area contributed by atoms with Crippen molar-refractivity contribution < 1.29 is 14.3 Å². The molecule has 2 aromatic rings. The minimum Gasteiger partial charge on any atom is -0.495 e. The number of anilines is 2. The van der Waals surface area contributed by atoms with Crippen LogP contribution in [0, 0.1) is 13.8 Å². The van der Waals surface area contributed by atoms with Gasteiger partial charge in [-0.15, -0.1) is 0 Å². The first-order chi connectivity index (χ1) is 12.3. The van der Waals surface area contributed by atoms with E-state index in [9.17, 15) is 9.59 Å². The molecule has 0 heterocycles. The largest absolute Gasteiger partial charge is 0.495 e. The molecule has 0 unspecified atom stereocenters. The van der Waals surface area contributed by atoms with Crippen molar-refractivity contribution in [1.82, 2.24) is 0 Å². The fraction of sp³-hybridized carbons (Fsp3) is 0.300. The van der Waals surface area contributed by atoms with Gasteiger partial charge in [-0.25, -0.2) is 0 Å². The summed E-state index contributed by atoms with van der Waals surface area (Å²) in [5.74, 6) is 0.220. The lowest BCUT2D eigenvalue weighted by molar-refractivity contribution is -0.117. The third kappa shape index (κ3) is 5.23. The summed E-state index contributed by atoms with van der Waals surface area (Å²) < 4.78 is 5.12. The number of hydrogen-bond donors (Lipinski definition) is 1. The molecule has 0 saturated heterocycles. The van der Waals surface area contributed by atoms with Crippen LogP contribution in [0.25, 0.3) is 0 Å². The van der Waals surface area contributed by atoms with Gasteiger partial charge in [0.15, 0.2) is 0 Å². The predicted octanol–water partition coefficient (Wildman–Crippen LogP) is 4.35. The molecule has 0 aromatic heterocycles. The molecule has 0 bridgehead atoms. The number of nitrogens with one attached hydrogen (secondary N) is 1. The standard InChI is InChI=1S/C20H23ClN2O3/c1-13-9-14(2)11-16(10-13)22-20(25)7-8-23(15(3)24)17-5-6-19(26-4)18(21)12-17/h5-6,9-12H,7-8H2,1-4H3,(H,22,25). The molecule has 0 spiro atoms. The molecule has 0 aliphatic heterocycles. The first kappa shape index (κ1) is 19.8. The summed E-state index contributed by atoms with van der Waals surface area (Å²) in [4.78, 5) is 25.8. The van der Waals surface area contributed by atoms with Gasteiger partial charge in [0.1, 0.15) is 5.75 Å². The van der Waals surface area contributed by atoms with Crippen LogP contribution in [0.5, 0.6) is 5.75 Å². The summed E-state index contributed by atoms with van der Waals surface area (Å²) >= 11 is 6.14. The number of amides is 2. The highest BCUT2D eigenvalue weighted by Crippen LogP contribution is 2.29. The average Bonchev–Trinajstić information content (AvgIpc) is 2.53. The summed E-state index contributed by atoms with van der Waals surface area (Å²) in [6, 6.07) is 11.0. The molecule has 2 aromatic carbocycles. The van der Waals surface area contributed by atoms with Crippen molar-refractivity contribution in [3.63, 3.8) is 0 Å². The summed E-state index contributed by atoms with van der Waals surface area (Å²) in [6.07, 6.45) is 0.177. The monoisotopic (exact) mass is 374 g/mol. The van der Waals surface area contributed by atoms with Gasteiger partial charge in [-0.05, 0) is 55.3 Å². The van der Waals surface area contributed by atoms with E-state index in [1.54, 1.807) is 18.2 Å². The fourth-order valence-electron chi connectivity index (χ4n) is 2.78. The predicted molar refractivity (Wildman–Crippen MR) is 105 cm³/mol. The van der Waals surface area contributed by atoms with E-state index in [0.29, 0.717) is 16.5 Å². The lowest BCUT2D eigenvalue weighted by atomic mass is 10.1. The van der Waals surface area contributed by atoms with E-state index in [2.05, 4.69) is 5.32 Å². The molecule has 0 aliphatic rings. The van der Waals surface area contributed by atoms with Crippen LogP contribution in [0.4, 0.5) is 11.4 Å². The van der Waals surface area contributed by atoms with Crippen molar-refractivity contribution in [3.05, 3.63) is 52.5 Å². The average molecular weight is 375 g/mol. The zero-order chi connectivity index (χ0) is 19.3. The number of benzene rings is 2. The molecule has 138 valence electrons. The summed E-state index contributed by atoms with van der Waals surface area (Å²) in [7, 11) is 1.53. The fourth-order valence-corrected chi connectivity index (χ4v) is 3.03. The Balaban J connectivity index is 2.05. The Morgan fingerprint density at radius 2 is 1.77 bits per heavy atom. The quantitative estimate of drug-likeness (QED) is 0.817. The highest BCUT2D eigenvalue weighted by Gasteiger charge is 2.15. The van der Waals surface area contributed by atoms with Crippen LogP contribution >= 0.6 is 11.6 Å². The SMILES string of the molecule is COc1ccc(N(CCC(=O)Nc2cc(C)cc(C)c2)C(C)=O)cc1Cl. The molecule has 0 radical (unpaired) electrons. The van der Waals surface area contributed by atoms with Crippen molar-refractivity contribution in [2.75, 3.05) is 23.9 Å². The number of carbonyl (C=O) groups excluding carboxylic acids is 2. The van der Waals surface area contributed by atoms with E-state index in [0.717, 1.165) is 16.8 Å². The molecule has 2 rings (SSSR count). The van der Waals surface area contributed by atoms with Gasteiger partial charge in [0.05, 0.1) is 12.1 Å². The Bertz CT molecular complexity index is 800. The van der Waals surface area contributed by atoms with E-state index < -0.39 is 0 Å². The maximum Gasteiger partial charge on any atom is 0.226 e. The van der Waals surface area contributed by atoms with Crippen LogP contribution in [0.1, 0.15) is 24.5 Å². The molecular weight excluding hydrogens is 352 g/mol. The summed E-state index contributed by atoms with van der Waals surface area (Å²) in [5.41, 5.74) is 3.55. The lowest BCUT2D eigenvalue weighted by Gasteiger charge is -2.21. The smallest absolute Gasteiger partial charge is 0.226 e. The molecule has 26 heavy (non-hydrogen) atoms. The van der Waals surface area contributed by atoms with Crippen LogP contribution < -0.4 is 15.0 Å². The topological polar surface area (TPSA) is 58.6 Å². The van der Waals surface area contributed by atoms with Crippen molar-refractivity contribution >= 4 is 34.8 Å². The molecule has 1 N–H and O–H groups in total. The second-order valence-corrected chi connectivity index (χ2v) is 6.57. The van der Waals surface area contributed by atoms with Gasteiger partial charge in [0, 0.05) is 31.3 Å². The van der Waals surface area contributed by atoms with Crippen LogP contribution in [0.15, 0.2) is 36.4 Å². The lowest BCUT2D eigenvalue weighted by Crippen LogP contribution is -2.32. The van der Waals surface area contributed by atoms with E-state index in [-0.39, 0.29) is 24.8 Å². The maximum absolute atomic E-state index is 12.3. The zero-order valence-electron chi connectivity index (χ0n) is 15.4. The van der Waals surface area contributed by atoms with Gasteiger partial charge in [-0.1, -0.05) is 17.7 Å². The Labute approximate surface area is 158 Å². The summed E-state index contributed by atoms with van der Waals surface area (Å²) in [5, 5.41) is 3.29. The normalized spacial score (nSPS) is 10.3. The van der Waals surface area contributed by atoms with Gasteiger partial charge >= 0.3 is 0 Å². The molecule has 6 heteroatoms. The third-order valence-corrected chi connectivity index (χ3v) is 4.19. The van der Waals surface area contributed by atoms with Crippen LogP contribution in [-0.4, -0.2) is 25.5 Å². The van der Waals surface area contributed by atoms with Crippen molar-refractivity contribution in [2.45, 2.75) is 27.2 Å². The number of carbonyl (C=O) groups is 2. The molecular formula is C20H23ClN2O3. The van der Waals surface area contributed by atoms with E-state index in [4.69, 9.17) is 16.3 Å². The Morgan fingerprint density at radius 3 is 2.31 bits per heavy atom. The number of aryl methyl sites for hydroxylation is 2. The Hall–Kier alpha value is -2.53. The zero-order valence-corrected chi connectivity index (χ0v) is 16.2. The number of rotatable bonds is 6. The Morgan fingerprint density at radius 1 is 1.12 bits per heavy atom.